The lowest BCUT2D eigenvalue weighted by Crippen LogP contribution is -2.77. The molecule has 356 valence electrons. The van der Waals surface area contributed by atoms with Gasteiger partial charge in [-0.05, 0) is 135 Å². The van der Waals surface area contributed by atoms with Gasteiger partial charge in [0.25, 0.3) is 0 Å². The Balaban J connectivity index is 0.977. The molecule has 0 saturated heterocycles. The maximum absolute atomic E-state index is 16.0. The predicted molar refractivity (Wildman–Crippen MR) is 303 cm³/mol. The van der Waals surface area contributed by atoms with E-state index in [0.717, 1.165) is 116 Å². The van der Waals surface area contributed by atoms with Gasteiger partial charge in [0.2, 0.25) is 0 Å². The first-order valence-electron chi connectivity index (χ1n) is 26.9. The van der Waals surface area contributed by atoms with Crippen molar-refractivity contribution in [3.63, 3.8) is 0 Å². The van der Waals surface area contributed by atoms with Crippen LogP contribution in [0.25, 0.3) is 82.3 Å². The number of fused-ring (bicyclic) bond motifs is 21. The number of para-hydroxylation sites is 1. The number of Topliss-reactive ketones (excluding diaryl/α,β-unsaturated/α-hetero) is 2. The van der Waals surface area contributed by atoms with E-state index in [0.29, 0.717) is 0 Å². The van der Waals surface area contributed by atoms with Gasteiger partial charge >= 0.3 is 0 Å². The van der Waals surface area contributed by atoms with Crippen molar-refractivity contribution in [2.24, 2.45) is 0 Å². The molecule has 6 aliphatic carbocycles. The van der Waals surface area contributed by atoms with Gasteiger partial charge in [0.05, 0.1) is 38.2 Å². The Morgan fingerprint density at radius 2 is 0.776 bits per heavy atom. The second-order valence-electron chi connectivity index (χ2n) is 23.8. The zero-order valence-corrected chi connectivity index (χ0v) is 42.2. The van der Waals surface area contributed by atoms with Crippen LogP contribution in [0.2, 0.25) is 0 Å². The summed E-state index contributed by atoms with van der Waals surface area (Å²) >= 11 is 0. The number of carbonyl (C=O) groups excluding carboxylic acids is 2. The first kappa shape index (κ1) is 40.5. The summed E-state index contributed by atoms with van der Waals surface area (Å²) in [7, 11) is 0. The third-order valence-electron chi connectivity index (χ3n) is 21.5. The average Bonchev–Trinajstić information content (AvgIpc) is 2.81. The Morgan fingerprint density at radius 1 is 0.342 bits per heavy atom. The first-order valence-corrected chi connectivity index (χ1v) is 26.9. The molecule has 2 spiro atoms. The number of hydrogen-bond donors (Lipinski definition) is 0. The third kappa shape index (κ3) is 3.65. The standard InChI is InChI=1S/C72H45NO3/c1-67-49-21-9-13-25-53(49)71(67)55-27-15-11-23-51(55)69(71,3)65(74)47-36-59-43(34-57(47)67)45-32-39(62-40(38-18-6-5-7-19-38)30-31-42-41-20-8-17-29-61(41)76-64(42)62)33-46-44-35-58-48(37-60(44)73(59)63(45)46)66(75)70(4)52-24-12-16-28-56(52)72(70)54-26-14-10-22-50(54)68(58,72)2/h5-37H,1-4H3. The monoisotopic (exact) mass is 971 g/mol. The van der Waals surface area contributed by atoms with Crippen molar-refractivity contribution in [3.8, 4) is 22.3 Å². The van der Waals surface area contributed by atoms with Crippen LogP contribution in [-0.4, -0.2) is 16.0 Å². The fourth-order valence-corrected chi connectivity index (χ4v) is 18.7. The van der Waals surface area contributed by atoms with E-state index in [4.69, 9.17) is 4.42 Å². The highest BCUT2D eigenvalue weighted by molar-refractivity contribution is 6.28. The SMILES string of the molecule is CC12C(=O)c3cc4c(cc3C3(C)c5ccccc5C13c1ccccc12)c1cc(-c2c(-c3ccccc3)ccc3c2oc2ccccc23)cc2c3cc5c(cc3n4c12)C(=O)C1(C)c2ccccc2C12c1ccccc1C52C. The van der Waals surface area contributed by atoms with Gasteiger partial charge in [-0.25, -0.2) is 0 Å². The predicted octanol–water partition coefficient (Wildman–Crippen LogP) is 16.2. The maximum atomic E-state index is 16.0. The topological polar surface area (TPSA) is 51.7 Å². The zero-order chi connectivity index (χ0) is 50.4. The van der Waals surface area contributed by atoms with Crippen LogP contribution in [0.5, 0.6) is 0 Å². The lowest BCUT2D eigenvalue weighted by molar-refractivity contribution is 0.0523. The van der Waals surface area contributed by atoms with Gasteiger partial charge in [-0.15, -0.1) is 0 Å². The van der Waals surface area contributed by atoms with Crippen molar-refractivity contribution < 1.29 is 14.0 Å². The number of benzene rings is 10. The van der Waals surface area contributed by atoms with E-state index in [-0.39, 0.29) is 11.6 Å². The molecule has 3 heterocycles. The van der Waals surface area contributed by atoms with Crippen molar-refractivity contribution in [1.29, 1.82) is 0 Å². The molecule has 4 heteroatoms. The molecule has 6 atom stereocenters. The van der Waals surface area contributed by atoms with E-state index < -0.39 is 32.5 Å². The molecular formula is C72H45NO3. The van der Waals surface area contributed by atoms with Gasteiger partial charge in [-0.1, -0.05) is 166 Å². The molecule has 4 nitrogen and oxygen atoms in total. The first-order chi connectivity index (χ1) is 37.0. The Labute approximate surface area is 437 Å². The summed E-state index contributed by atoms with van der Waals surface area (Å²) in [5.41, 5.74) is 19.1. The normalized spacial score (nSPS) is 26.5. The van der Waals surface area contributed by atoms with Gasteiger partial charge in [0, 0.05) is 59.8 Å². The molecule has 0 N–H and O–H groups in total. The molecule has 0 amide bonds. The molecule has 76 heavy (non-hydrogen) atoms. The molecule has 0 fully saturated rings. The number of furan rings is 1. The zero-order valence-electron chi connectivity index (χ0n) is 42.2. The van der Waals surface area contributed by atoms with Crippen LogP contribution in [0.15, 0.2) is 205 Å². The number of carbonyl (C=O) groups is 2. The highest BCUT2D eigenvalue weighted by atomic mass is 16.3. The lowest BCUT2D eigenvalue weighted by Gasteiger charge is -2.74. The Bertz CT molecular complexity index is 4780. The van der Waals surface area contributed by atoms with Gasteiger partial charge in [-0.2, -0.15) is 0 Å². The van der Waals surface area contributed by atoms with Crippen molar-refractivity contribution in [1.82, 2.24) is 4.40 Å². The summed E-state index contributed by atoms with van der Waals surface area (Å²) in [6.45, 7) is 9.24. The summed E-state index contributed by atoms with van der Waals surface area (Å²) in [6, 6.07) is 72.7. The Morgan fingerprint density at radius 3 is 1.28 bits per heavy atom. The van der Waals surface area contributed by atoms with E-state index in [1.807, 2.05) is 6.07 Å². The van der Waals surface area contributed by atoms with Crippen molar-refractivity contribution in [2.45, 2.75) is 60.2 Å². The molecule has 6 aliphatic rings. The maximum Gasteiger partial charge on any atom is 0.174 e. The molecule has 0 radical (unpaired) electrons. The smallest absolute Gasteiger partial charge is 0.174 e. The van der Waals surface area contributed by atoms with Crippen LogP contribution in [-0.2, 0) is 32.5 Å². The van der Waals surface area contributed by atoms with E-state index in [9.17, 15) is 0 Å². The quantitative estimate of drug-likeness (QED) is 0.173. The van der Waals surface area contributed by atoms with Crippen molar-refractivity contribution >= 4 is 71.6 Å². The van der Waals surface area contributed by atoms with Crippen LogP contribution in [0.1, 0.15) is 104 Å². The molecule has 3 aromatic heterocycles. The number of nitrogens with zero attached hydrogens (tertiary/aromatic N) is 1. The van der Waals surface area contributed by atoms with Crippen molar-refractivity contribution in [3.05, 3.63) is 267 Å². The average molecular weight is 972 g/mol. The van der Waals surface area contributed by atoms with Crippen LogP contribution < -0.4 is 0 Å². The van der Waals surface area contributed by atoms with Crippen LogP contribution >= 0.6 is 0 Å². The molecule has 19 rings (SSSR count). The summed E-state index contributed by atoms with van der Waals surface area (Å²) in [5.74, 6) is 0.336. The summed E-state index contributed by atoms with van der Waals surface area (Å²) in [6.07, 6.45) is 0. The summed E-state index contributed by atoms with van der Waals surface area (Å²) in [4.78, 5) is 32.0. The molecular weight excluding hydrogens is 927 g/mol. The van der Waals surface area contributed by atoms with E-state index in [2.05, 4.69) is 226 Å². The fourth-order valence-electron chi connectivity index (χ4n) is 18.7. The number of rotatable bonds is 2. The minimum atomic E-state index is -0.763. The van der Waals surface area contributed by atoms with E-state index in [1.54, 1.807) is 0 Å². The minimum Gasteiger partial charge on any atom is -0.455 e. The van der Waals surface area contributed by atoms with Gasteiger partial charge < -0.3 is 8.82 Å². The largest absolute Gasteiger partial charge is 0.455 e. The summed E-state index contributed by atoms with van der Waals surface area (Å²) in [5, 5.41) is 6.55. The highest BCUT2D eigenvalue weighted by Gasteiger charge is 2.81. The molecule has 6 unspecified atom stereocenters. The second kappa shape index (κ2) is 12.3. The summed E-state index contributed by atoms with van der Waals surface area (Å²) < 4.78 is 9.43. The van der Waals surface area contributed by atoms with Gasteiger partial charge in [0.1, 0.15) is 11.2 Å². The van der Waals surface area contributed by atoms with Crippen LogP contribution in [0.4, 0.5) is 0 Å². The highest BCUT2D eigenvalue weighted by Crippen LogP contribution is 2.80. The molecule has 0 aliphatic heterocycles. The molecule has 10 aromatic carbocycles. The molecule has 13 aromatic rings. The fraction of sp³-hybridized carbons (Fsp3) is 0.139. The van der Waals surface area contributed by atoms with E-state index in [1.165, 1.54) is 33.4 Å². The van der Waals surface area contributed by atoms with Gasteiger partial charge in [-0.3, -0.25) is 9.59 Å². The Kier molecular flexibility index (Phi) is 6.55. The van der Waals surface area contributed by atoms with E-state index >= 15 is 9.59 Å². The molecule has 0 saturated carbocycles. The number of aromatic nitrogens is 1. The van der Waals surface area contributed by atoms with Crippen LogP contribution in [0.3, 0.4) is 0 Å². The lowest BCUT2D eigenvalue weighted by atomic mass is 9.25. The van der Waals surface area contributed by atoms with Crippen LogP contribution in [0, 0.1) is 0 Å². The van der Waals surface area contributed by atoms with Crippen molar-refractivity contribution in [2.75, 3.05) is 0 Å². The van der Waals surface area contributed by atoms with Gasteiger partial charge in [0.15, 0.2) is 11.6 Å². The Hall–Kier alpha value is -8.86. The minimum absolute atomic E-state index is 0.168. The number of hydrogen-bond acceptors (Lipinski definition) is 3. The number of ketones is 2. The second-order valence-corrected chi connectivity index (χ2v) is 23.8. The third-order valence-corrected chi connectivity index (χ3v) is 21.5. The molecule has 0 bridgehead atoms.